The second-order valence-corrected chi connectivity index (χ2v) is 4.83. The molecule has 1 heterocycles. The van der Waals surface area contributed by atoms with Crippen LogP contribution >= 0.6 is 28.3 Å². The van der Waals surface area contributed by atoms with Crippen LogP contribution in [0.15, 0.2) is 22.7 Å². The molecule has 1 aliphatic rings. The van der Waals surface area contributed by atoms with Crippen molar-refractivity contribution in [1.82, 2.24) is 4.90 Å². The van der Waals surface area contributed by atoms with Crippen LogP contribution in [0.25, 0.3) is 0 Å². The molecule has 2 rings (SSSR count). The van der Waals surface area contributed by atoms with E-state index in [4.69, 9.17) is 0 Å². The van der Waals surface area contributed by atoms with Crippen molar-refractivity contribution in [3.63, 3.8) is 0 Å². The van der Waals surface area contributed by atoms with Gasteiger partial charge in [0.1, 0.15) is 0 Å². The largest absolute Gasteiger partial charge is 0.292 e. The number of rotatable bonds is 1. The average Bonchev–Trinajstić information content (AvgIpc) is 2.46. The Kier molecular flexibility index (Phi) is 3.99. The zero-order valence-corrected chi connectivity index (χ0v) is 10.9. The van der Waals surface area contributed by atoms with Crippen molar-refractivity contribution in [1.29, 1.82) is 0 Å². The molecule has 14 heavy (non-hydrogen) atoms. The highest BCUT2D eigenvalue weighted by Gasteiger charge is 2.20. The van der Waals surface area contributed by atoms with E-state index in [1.54, 1.807) is 0 Å². The van der Waals surface area contributed by atoms with Crippen molar-refractivity contribution in [2.75, 3.05) is 0 Å². The maximum Gasteiger partial charge on any atom is 0.0243 e. The highest BCUT2D eigenvalue weighted by molar-refractivity contribution is 9.10. The number of nitrogens with zero attached hydrogens (tertiary/aromatic N) is 1. The third-order valence-corrected chi connectivity index (χ3v) is 3.14. The molecule has 0 bridgehead atoms. The zero-order valence-electron chi connectivity index (χ0n) is 8.46. The lowest BCUT2D eigenvalue weighted by Gasteiger charge is -2.18. The number of hydrogen-bond acceptors (Lipinski definition) is 1. The van der Waals surface area contributed by atoms with E-state index in [-0.39, 0.29) is 12.4 Å². The first kappa shape index (κ1) is 12.0. The minimum atomic E-state index is 0. The fraction of sp³-hybridized carbons (Fsp3) is 0.455. The van der Waals surface area contributed by atoms with Crippen LogP contribution in [0.4, 0.5) is 0 Å². The van der Waals surface area contributed by atoms with Crippen LogP contribution in [0.2, 0.25) is 0 Å². The lowest BCUT2D eigenvalue weighted by atomic mass is 10.1. The van der Waals surface area contributed by atoms with E-state index in [1.165, 1.54) is 15.6 Å². The summed E-state index contributed by atoms with van der Waals surface area (Å²) in [5, 5.41) is 0. The fourth-order valence-electron chi connectivity index (χ4n) is 1.75. The molecule has 0 saturated carbocycles. The van der Waals surface area contributed by atoms with Crippen molar-refractivity contribution in [2.24, 2.45) is 0 Å². The molecule has 0 aromatic heterocycles. The van der Waals surface area contributed by atoms with Crippen LogP contribution in [0.3, 0.4) is 0 Å². The summed E-state index contributed by atoms with van der Waals surface area (Å²) >= 11 is 3.50. The Labute approximate surface area is 100 Å². The van der Waals surface area contributed by atoms with Crippen LogP contribution in [0, 0.1) is 0 Å². The molecule has 0 amide bonds. The fourth-order valence-corrected chi connectivity index (χ4v) is 2.16. The van der Waals surface area contributed by atoms with Gasteiger partial charge < -0.3 is 0 Å². The van der Waals surface area contributed by atoms with Gasteiger partial charge in [-0.25, -0.2) is 0 Å². The van der Waals surface area contributed by atoms with Gasteiger partial charge in [-0.2, -0.15) is 0 Å². The monoisotopic (exact) mass is 275 g/mol. The van der Waals surface area contributed by atoms with Crippen LogP contribution in [-0.4, -0.2) is 10.9 Å². The summed E-state index contributed by atoms with van der Waals surface area (Å²) in [6.07, 6.45) is 0. The maximum atomic E-state index is 3.50. The average molecular weight is 277 g/mol. The summed E-state index contributed by atoms with van der Waals surface area (Å²) in [4.78, 5) is 2.48. The quantitative estimate of drug-likeness (QED) is 0.758. The Hall–Kier alpha value is -0.0500. The molecule has 0 spiro atoms. The third kappa shape index (κ3) is 2.30. The molecule has 0 aliphatic carbocycles. The lowest BCUT2D eigenvalue weighted by molar-refractivity contribution is 0.227. The van der Waals surface area contributed by atoms with Gasteiger partial charge in [0.05, 0.1) is 0 Å². The second-order valence-electron chi connectivity index (χ2n) is 3.91. The van der Waals surface area contributed by atoms with Gasteiger partial charge in [0.2, 0.25) is 0 Å². The molecule has 0 atom stereocenters. The number of fused-ring (bicyclic) bond motifs is 1. The van der Waals surface area contributed by atoms with Crippen molar-refractivity contribution < 1.29 is 0 Å². The van der Waals surface area contributed by atoms with E-state index >= 15 is 0 Å². The topological polar surface area (TPSA) is 3.24 Å². The second kappa shape index (κ2) is 4.65. The van der Waals surface area contributed by atoms with Gasteiger partial charge in [-0.15, -0.1) is 12.4 Å². The molecule has 3 heteroatoms. The molecule has 0 radical (unpaired) electrons. The van der Waals surface area contributed by atoms with Crippen LogP contribution in [0.1, 0.15) is 25.0 Å². The predicted octanol–water partition coefficient (Wildman–Crippen LogP) is 3.59. The molecule has 1 aromatic rings. The highest BCUT2D eigenvalue weighted by atomic mass is 79.9. The predicted molar refractivity (Wildman–Crippen MR) is 65.8 cm³/mol. The maximum absolute atomic E-state index is 3.50. The van der Waals surface area contributed by atoms with Gasteiger partial charge in [-0.1, -0.05) is 22.0 Å². The van der Waals surface area contributed by atoms with E-state index in [0.717, 1.165) is 13.1 Å². The molecule has 0 fully saturated rings. The molecule has 1 aliphatic heterocycles. The number of hydrogen-bond donors (Lipinski definition) is 0. The van der Waals surface area contributed by atoms with E-state index in [1.807, 2.05) is 0 Å². The van der Waals surface area contributed by atoms with Crippen molar-refractivity contribution in [2.45, 2.75) is 33.0 Å². The first-order valence-corrected chi connectivity index (χ1v) is 5.47. The van der Waals surface area contributed by atoms with Crippen LogP contribution < -0.4 is 0 Å². The zero-order chi connectivity index (χ0) is 9.42. The first-order chi connectivity index (χ1) is 6.16. The molecule has 1 nitrogen and oxygen atoms in total. The summed E-state index contributed by atoms with van der Waals surface area (Å²) in [6, 6.07) is 7.23. The Bertz CT molecular complexity index is 325. The summed E-state index contributed by atoms with van der Waals surface area (Å²) in [6.45, 7) is 6.72. The van der Waals surface area contributed by atoms with Crippen molar-refractivity contribution in [3.8, 4) is 0 Å². The van der Waals surface area contributed by atoms with Gasteiger partial charge in [0.15, 0.2) is 0 Å². The van der Waals surface area contributed by atoms with Gasteiger partial charge in [0, 0.05) is 23.6 Å². The first-order valence-electron chi connectivity index (χ1n) is 4.68. The van der Waals surface area contributed by atoms with E-state index in [2.05, 4.69) is 52.9 Å². The molecule has 1 aromatic carbocycles. The molecular weight excluding hydrogens is 261 g/mol. The molecule has 0 saturated heterocycles. The molecule has 0 N–H and O–H groups in total. The molecule has 0 unspecified atom stereocenters. The Balaban J connectivity index is 0.000000980. The van der Waals surface area contributed by atoms with Crippen molar-refractivity contribution in [3.05, 3.63) is 33.8 Å². The summed E-state index contributed by atoms with van der Waals surface area (Å²) in [5.74, 6) is 0. The van der Waals surface area contributed by atoms with Crippen LogP contribution in [0.5, 0.6) is 0 Å². The van der Waals surface area contributed by atoms with Crippen LogP contribution in [-0.2, 0) is 13.1 Å². The van der Waals surface area contributed by atoms with Crippen molar-refractivity contribution >= 4 is 28.3 Å². The standard InChI is InChI=1S/C11H14BrN.ClH/c1-8(2)13-6-9-3-4-11(12)5-10(9)7-13;/h3-5,8H,6-7H2,1-2H3;1H. The third-order valence-electron chi connectivity index (χ3n) is 2.65. The Morgan fingerprint density at radius 1 is 1.21 bits per heavy atom. The van der Waals surface area contributed by atoms with E-state index in [9.17, 15) is 0 Å². The highest BCUT2D eigenvalue weighted by Crippen LogP contribution is 2.26. The molecular formula is C11H15BrClN. The summed E-state index contributed by atoms with van der Waals surface area (Å²) in [7, 11) is 0. The van der Waals surface area contributed by atoms with Gasteiger partial charge in [0.25, 0.3) is 0 Å². The van der Waals surface area contributed by atoms with Gasteiger partial charge >= 0.3 is 0 Å². The minimum Gasteiger partial charge on any atom is -0.292 e. The lowest BCUT2D eigenvalue weighted by Crippen LogP contribution is -2.24. The van der Waals surface area contributed by atoms with E-state index in [0.29, 0.717) is 6.04 Å². The number of halogens is 2. The van der Waals surface area contributed by atoms with E-state index < -0.39 is 0 Å². The van der Waals surface area contributed by atoms with Gasteiger partial charge in [-0.3, -0.25) is 4.90 Å². The normalized spacial score (nSPS) is 15.4. The number of benzene rings is 1. The summed E-state index contributed by atoms with van der Waals surface area (Å²) < 4.78 is 1.19. The SMILES string of the molecule is CC(C)N1Cc2ccc(Br)cc2C1.Cl. The Morgan fingerprint density at radius 2 is 1.86 bits per heavy atom. The Morgan fingerprint density at radius 3 is 2.50 bits per heavy atom. The summed E-state index contributed by atoms with van der Waals surface area (Å²) in [5.41, 5.74) is 2.96. The molecule has 78 valence electrons. The van der Waals surface area contributed by atoms with Gasteiger partial charge in [-0.05, 0) is 37.1 Å². The smallest absolute Gasteiger partial charge is 0.0243 e. The minimum absolute atomic E-state index is 0.